The van der Waals surface area contributed by atoms with Crippen molar-refractivity contribution in [2.75, 3.05) is 5.32 Å². The van der Waals surface area contributed by atoms with Gasteiger partial charge in [0.05, 0.1) is 0 Å². The molecule has 0 bridgehead atoms. The molecule has 3 aromatic rings. The van der Waals surface area contributed by atoms with Crippen LogP contribution in [0.2, 0.25) is 0 Å². The molecule has 0 saturated heterocycles. The predicted molar refractivity (Wildman–Crippen MR) is 87.8 cm³/mol. The molecule has 136 valence electrons. The van der Waals surface area contributed by atoms with E-state index in [-0.39, 0.29) is 11.1 Å². The summed E-state index contributed by atoms with van der Waals surface area (Å²) in [5.74, 6) is 0. The number of alkyl halides is 6. The van der Waals surface area contributed by atoms with Crippen molar-refractivity contribution in [3.8, 4) is 0 Å². The summed E-state index contributed by atoms with van der Waals surface area (Å²) in [5, 5.41) is 2.54. The van der Waals surface area contributed by atoms with Gasteiger partial charge in [0.2, 0.25) is 0 Å². The van der Waals surface area contributed by atoms with E-state index in [0.29, 0.717) is 5.39 Å². The SMILES string of the molecule is FC(F)(F)C(Nc1ccccc1)(c1ccc2ccccc2c1)C(F)(F)F. The van der Waals surface area contributed by atoms with Gasteiger partial charge in [-0.1, -0.05) is 54.6 Å². The number of rotatable bonds is 3. The van der Waals surface area contributed by atoms with Crippen LogP contribution >= 0.6 is 0 Å². The Hall–Kier alpha value is -2.70. The van der Waals surface area contributed by atoms with E-state index in [9.17, 15) is 26.3 Å². The molecular weight excluding hydrogens is 356 g/mol. The molecule has 3 aromatic carbocycles. The van der Waals surface area contributed by atoms with E-state index < -0.39 is 23.5 Å². The molecule has 0 radical (unpaired) electrons. The molecule has 1 nitrogen and oxygen atoms in total. The van der Waals surface area contributed by atoms with Gasteiger partial charge >= 0.3 is 12.4 Å². The number of hydrogen-bond donors (Lipinski definition) is 1. The number of hydrogen-bond acceptors (Lipinski definition) is 1. The van der Waals surface area contributed by atoms with E-state index in [0.717, 1.165) is 24.3 Å². The van der Waals surface area contributed by atoms with Gasteiger partial charge in [-0.2, -0.15) is 26.3 Å². The maximum atomic E-state index is 13.9. The zero-order valence-electron chi connectivity index (χ0n) is 13.2. The Bertz CT molecular complexity index is 885. The van der Waals surface area contributed by atoms with Crippen molar-refractivity contribution in [3.63, 3.8) is 0 Å². The molecule has 0 aliphatic rings. The summed E-state index contributed by atoms with van der Waals surface area (Å²) in [5.41, 5.74) is -5.43. The van der Waals surface area contributed by atoms with Crippen molar-refractivity contribution in [1.29, 1.82) is 0 Å². The molecule has 0 heterocycles. The third-order valence-corrected chi connectivity index (χ3v) is 4.14. The van der Waals surface area contributed by atoms with E-state index >= 15 is 0 Å². The highest BCUT2D eigenvalue weighted by Gasteiger charge is 2.72. The first-order valence-corrected chi connectivity index (χ1v) is 7.61. The lowest BCUT2D eigenvalue weighted by atomic mass is 9.86. The Balaban J connectivity index is 2.27. The Morgan fingerprint density at radius 3 is 1.69 bits per heavy atom. The number of nitrogens with one attached hydrogen (secondary N) is 1. The molecule has 1 N–H and O–H groups in total. The monoisotopic (exact) mass is 369 g/mol. The van der Waals surface area contributed by atoms with Gasteiger partial charge < -0.3 is 5.32 Å². The summed E-state index contributed by atoms with van der Waals surface area (Å²) >= 11 is 0. The predicted octanol–water partition coefficient (Wildman–Crippen LogP) is 6.27. The van der Waals surface area contributed by atoms with Gasteiger partial charge in [-0.15, -0.1) is 0 Å². The number of halogens is 6. The van der Waals surface area contributed by atoms with Crippen molar-refractivity contribution >= 4 is 16.5 Å². The molecule has 0 atom stereocenters. The molecule has 0 fully saturated rings. The summed E-state index contributed by atoms with van der Waals surface area (Å²) in [4.78, 5) is 0. The number of anilines is 1. The fourth-order valence-electron chi connectivity index (χ4n) is 2.86. The third kappa shape index (κ3) is 2.98. The normalized spacial score (nSPS) is 13.0. The van der Waals surface area contributed by atoms with Crippen molar-refractivity contribution in [2.45, 2.75) is 17.9 Å². The summed E-state index contributed by atoms with van der Waals surface area (Å²) in [7, 11) is 0. The molecule has 26 heavy (non-hydrogen) atoms. The van der Waals surface area contributed by atoms with Crippen molar-refractivity contribution < 1.29 is 26.3 Å². The van der Waals surface area contributed by atoms with E-state index in [1.54, 1.807) is 23.5 Å². The largest absolute Gasteiger partial charge is 0.424 e. The van der Waals surface area contributed by atoms with E-state index in [4.69, 9.17) is 0 Å². The lowest BCUT2D eigenvalue weighted by molar-refractivity contribution is -0.293. The standard InChI is InChI=1S/C19H13F6N/c20-18(21,22)17(19(23,24)25,26-16-8-2-1-3-9-16)15-11-10-13-6-4-5-7-14(13)12-15/h1-12,26H. The first-order valence-electron chi connectivity index (χ1n) is 7.61. The minimum absolute atomic E-state index is 0.282. The summed E-state index contributed by atoms with van der Waals surface area (Å²) in [6.45, 7) is 0. The second-order valence-corrected chi connectivity index (χ2v) is 5.80. The van der Waals surface area contributed by atoms with Crippen molar-refractivity contribution in [1.82, 2.24) is 0 Å². The van der Waals surface area contributed by atoms with E-state index in [1.807, 2.05) is 0 Å². The minimum Gasteiger partial charge on any atom is -0.360 e. The zero-order valence-corrected chi connectivity index (χ0v) is 13.2. The fourth-order valence-corrected chi connectivity index (χ4v) is 2.86. The first-order chi connectivity index (χ1) is 12.1. The summed E-state index contributed by atoms with van der Waals surface area (Å²) in [6, 6.07) is 15.9. The average molecular weight is 369 g/mol. The smallest absolute Gasteiger partial charge is 0.360 e. The van der Waals surface area contributed by atoms with Crippen molar-refractivity contribution in [3.05, 3.63) is 78.4 Å². The average Bonchev–Trinajstić information content (AvgIpc) is 2.58. The highest BCUT2D eigenvalue weighted by molar-refractivity contribution is 5.83. The van der Waals surface area contributed by atoms with Crippen LogP contribution in [0.25, 0.3) is 10.8 Å². The quantitative estimate of drug-likeness (QED) is 0.537. The van der Waals surface area contributed by atoms with Gasteiger partial charge in [0.15, 0.2) is 0 Å². The van der Waals surface area contributed by atoms with Crippen LogP contribution in [-0.2, 0) is 5.54 Å². The van der Waals surface area contributed by atoms with Crippen LogP contribution < -0.4 is 5.32 Å². The molecule has 0 saturated carbocycles. The maximum absolute atomic E-state index is 13.9. The molecule has 0 aliphatic carbocycles. The first kappa shape index (κ1) is 18.1. The second kappa shape index (κ2) is 6.23. The Morgan fingerprint density at radius 1 is 0.577 bits per heavy atom. The van der Waals surface area contributed by atoms with Gasteiger partial charge in [0.1, 0.15) is 0 Å². The van der Waals surface area contributed by atoms with Gasteiger partial charge in [0, 0.05) is 5.69 Å². The zero-order chi connectivity index (χ0) is 19.0. The highest BCUT2D eigenvalue weighted by Crippen LogP contribution is 2.52. The Kier molecular flexibility index (Phi) is 4.34. The molecule has 0 spiro atoms. The topological polar surface area (TPSA) is 12.0 Å². The highest BCUT2D eigenvalue weighted by atomic mass is 19.4. The fraction of sp³-hybridized carbons (Fsp3) is 0.158. The lowest BCUT2D eigenvalue weighted by Gasteiger charge is -2.39. The minimum atomic E-state index is -5.62. The van der Waals surface area contributed by atoms with Gasteiger partial charge in [-0.3, -0.25) is 0 Å². The number of para-hydroxylation sites is 1. The van der Waals surface area contributed by atoms with Crippen LogP contribution in [0.4, 0.5) is 32.0 Å². The maximum Gasteiger partial charge on any atom is 0.424 e. The van der Waals surface area contributed by atoms with Crippen LogP contribution in [0.1, 0.15) is 5.56 Å². The van der Waals surface area contributed by atoms with Crippen LogP contribution in [0.15, 0.2) is 72.8 Å². The Labute approximate surface area is 145 Å². The summed E-state index contributed by atoms with van der Waals surface area (Å²) in [6.07, 6.45) is -11.2. The van der Waals surface area contributed by atoms with E-state index in [2.05, 4.69) is 0 Å². The van der Waals surface area contributed by atoms with Crippen LogP contribution in [0.5, 0.6) is 0 Å². The molecular formula is C19H13F6N. The molecule has 7 heteroatoms. The van der Waals surface area contributed by atoms with Gasteiger partial charge in [-0.25, -0.2) is 0 Å². The van der Waals surface area contributed by atoms with Gasteiger partial charge in [0.25, 0.3) is 5.54 Å². The summed E-state index contributed by atoms with van der Waals surface area (Å²) < 4.78 is 83.2. The third-order valence-electron chi connectivity index (χ3n) is 4.14. The number of fused-ring (bicyclic) bond motifs is 1. The molecule has 0 amide bonds. The van der Waals surface area contributed by atoms with Gasteiger partial charge in [-0.05, 0) is 34.5 Å². The van der Waals surface area contributed by atoms with Crippen LogP contribution in [0.3, 0.4) is 0 Å². The lowest BCUT2D eigenvalue weighted by Crippen LogP contribution is -2.59. The molecule has 0 aliphatic heterocycles. The van der Waals surface area contributed by atoms with E-state index in [1.165, 1.54) is 30.3 Å². The second-order valence-electron chi connectivity index (χ2n) is 5.80. The molecule has 0 unspecified atom stereocenters. The molecule has 0 aromatic heterocycles. The Morgan fingerprint density at radius 2 is 1.12 bits per heavy atom. The number of benzene rings is 3. The van der Waals surface area contributed by atoms with Crippen LogP contribution in [-0.4, -0.2) is 12.4 Å². The van der Waals surface area contributed by atoms with Crippen molar-refractivity contribution in [2.24, 2.45) is 0 Å². The molecule has 3 rings (SSSR count). The van der Waals surface area contributed by atoms with Crippen LogP contribution in [0, 0.1) is 0 Å².